The Balaban J connectivity index is 1.53. The summed E-state index contributed by atoms with van der Waals surface area (Å²) in [4.78, 5) is 38.0. The molecule has 0 aromatic heterocycles. The number of rotatable bonds is 7. The summed E-state index contributed by atoms with van der Waals surface area (Å²) in [5.41, 5.74) is -0.894. The van der Waals surface area contributed by atoms with E-state index in [1.807, 2.05) is 0 Å². The molecule has 3 aromatic rings. The van der Waals surface area contributed by atoms with Crippen LogP contribution in [0.5, 0.6) is 0 Å². The maximum Gasteiger partial charge on any atom is 0.416 e. The second-order valence-electron chi connectivity index (χ2n) is 8.17. The van der Waals surface area contributed by atoms with Gasteiger partial charge < -0.3 is 18.9 Å². The van der Waals surface area contributed by atoms with Gasteiger partial charge in [-0.25, -0.2) is 14.4 Å². The smallest absolute Gasteiger partial charge is 0.416 e. The molecule has 38 heavy (non-hydrogen) atoms. The highest BCUT2D eigenvalue weighted by Crippen LogP contribution is 2.33. The molecule has 4 rings (SSSR count). The Morgan fingerprint density at radius 3 is 1.87 bits per heavy atom. The third kappa shape index (κ3) is 6.59. The Hall–Kier alpha value is -3.70. The molecule has 0 bridgehead atoms. The summed E-state index contributed by atoms with van der Waals surface area (Å²) in [7, 11) is 0. The Labute approximate surface area is 223 Å². The van der Waals surface area contributed by atoms with E-state index >= 15 is 0 Å². The molecule has 1 aliphatic rings. The van der Waals surface area contributed by atoms with Gasteiger partial charge in [0.05, 0.1) is 22.3 Å². The van der Waals surface area contributed by atoms with Gasteiger partial charge in [-0.2, -0.15) is 13.2 Å². The van der Waals surface area contributed by atoms with Gasteiger partial charge in [0.1, 0.15) is 12.7 Å². The highest BCUT2D eigenvalue weighted by molar-refractivity contribution is 9.09. The molecule has 4 atom stereocenters. The van der Waals surface area contributed by atoms with Crippen LogP contribution < -0.4 is 0 Å². The average Bonchev–Trinajstić information content (AvgIpc) is 3.21. The lowest BCUT2D eigenvalue weighted by molar-refractivity contribution is -0.137. The summed E-state index contributed by atoms with van der Waals surface area (Å²) in [6.45, 7) is -0.361. The second-order valence-corrected chi connectivity index (χ2v) is 9.08. The van der Waals surface area contributed by atoms with Crippen LogP contribution in [0, 0.1) is 0 Å². The zero-order valence-electron chi connectivity index (χ0n) is 19.5. The number of halogens is 4. The minimum atomic E-state index is -4.66. The molecule has 1 heterocycles. The molecular formula is C27H20BrF3O7. The first-order valence-electron chi connectivity index (χ1n) is 11.3. The van der Waals surface area contributed by atoms with Gasteiger partial charge in [-0.05, 0) is 42.5 Å². The fourth-order valence-corrected chi connectivity index (χ4v) is 4.36. The van der Waals surface area contributed by atoms with E-state index in [0.717, 1.165) is 12.1 Å². The largest absolute Gasteiger partial charge is 0.459 e. The molecule has 0 unspecified atom stereocenters. The third-order valence-corrected chi connectivity index (χ3v) is 6.30. The van der Waals surface area contributed by atoms with Gasteiger partial charge in [0.2, 0.25) is 0 Å². The highest BCUT2D eigenvalue weighted by Gasteiger charge is 2.49. The van der Waals surface area contributed by atoms with Crippen LogP contribution in [0.25, 0.3) is 0 Å². The van der Waals surface area contributed by atoms with Crippen molar-refractivity contribution in [3.05, 3.63) is 107 Å². The van der Waals surface area contributed by atoms with E-state index in [4.69, 9.17) is 18.9 Å². The van der Waals surface area contributed by atoms with E-state index in [0.29, 0.717) is 6.07 Å². The Kier molecular flexibility index (Phi) is 8.48. The number of hydrogen-bond donors (Lipinski definition) is 0. The van der Waals surface area contributed by atoms with E-state index in [2.05, 4.69) is 15.9 Å². The van der Waals surface area contributed by atoms with Crippen molar-refractivity contribution in [3.63, 3.8) is 0 Å². The Bertz CT molecular complexity index is 1280. The van der Waals surface area contributed by atoms with Gasteiger partial charge in [-0.3, -0.25) is 0 Å². The standard InChI is InChI=1S/C27H20BrF3O7/c28-23-22(38-26(34)18-12-7-13-19(14-18)27(29,30)31)21(37-25(33)17-10-5-2-6-11-17)20(36-23)15-35-24(32)16-8-3-1-4-9-16/h1-14,20-23H,15H2/t20-,21-,22-,23-/m1/s1. The molecule has 1 aliphatic heterocycles. The summed E-state index contributed by atoms with van der Waals surface area (Å²) in [6.07, 6.45) is -8.25. The average molecular weight is 593 g/mol. The summed E-state index contributed by atoms with van der Waals surface area (Å²) >= 11 is 3.22. The predicted octanol–water partition coefficient (Wildman–Crippen LogP) is 5.43. The first kappa shape index (κ1) is 27.3. The first-order valence-corrected chi connectivity index (χ1v) is 12.2. The topological polar surface area (TPSA) is 88.1 Å². The molecule has 198 valence electrons. The molecule has 1 saturated heterocycles. The predicted molar refractivity (Wildman–Crippen MR) is 131 cm³/mol. The molecular weight excluding hydrogens is 573 g/mol. The molecule has 11 heteroatoms. The molecule has 7 nitrogen and oxygen atoms in total. The fraction of sp³-hybridized carbons (Fsp3) is 0.222. The zero-order chi connectivity index (χ0) is 27.3. The minimum absolute atomic E-state index is 0.202. The number of ether oxygens (including phenoxy) is 4. The van der Waals surface area contributed by atoms with Crippen LogP contribution in [0.2, 0.25) is 0 Å². The van der Waals surface area contributed by atoms with Crippen LogP contribution in [0.15, 0.2) is 84.9 Å². The number of carbonyl (C=O) groups is 3. The molecule has 0 spiro atoms. The Morgan fingerprint density at radius 2 is 1.26 bits per heavy atom. The maximum atomic E-state index is 13.1. The lowest BCUT2D eigenvalue weighted by Gasteiger charge is -2.23. The van der Waals surface area contributed by atoms with Crippen LogP contribution >= 0.6 is 15.9 Å². The van der Waals surface area contributed by atoms with E-state index in [9.17, 15) is 27.6 Å². The molecule has 0 saturated carbocycles. The number of esters is 3. The molecule has 0 N–H and O–H groups in total. The number of carbonyl (C=O) groups excluding carboxylic acids is 3. The van der Waals surface area contributed by atoms with Crippen LogP contribution in [-0.4, -0.2) is 47.8 Å². The zero-order valence-corrected chi connectivity index (χ0v) is 21.1. The molecule has 0 amide bonds. The number of hydrogen-bond acceptors (Lipinski definition) is 7. The van der Waals surface area contributed by atoms with Crippen molar-refractivity contribution in [1.29, 1.82) is 0 Å². The molecule has 0 radical (unpaired) electrons. The number of alkyl halides is 4. The highest BCUT2D eigenvalue weighted by atomic mass is 79.9. The lowest BCUT2D eigenvalue weighted by Crippen LogP contribution is -2.41. The summed E-state index contributed by atoms with van der Waals surface area (Å²) < 4.78 is 61.4. The van der Waals surface area contributed by atoms with Gasteiger partial charge in [0.15, 0.2) is 17.2 Å². The van der Waals surface area contributed by atoms with Crippen molar-refractivity contribution in [2.45, 2.75) is 29.5 Å². The monoisotopic (exact) mass is 592 g/mol. The second kappa shape index (κ2) is 11.8. The maximum absolute atomic E-state index is 13.1. The van der Waals surface area contributed by atoms with Crippen molar-refractivity contribution in [2.75, 3.05) is 6.61 Å². The summed E-state index contributed by atoms with van der Waals surface area (Å²) in [5, 5.41) is -1.02. The van der Waals surface area contributed by atoms with Crippen LogP contribution in [0.3, 0.4) is 0 Å². The van der Waals surface area contributed by atoms with E-state index in [-0.39, 0.29) is 23.3 Å². The van der Waals surface area contributed by atoms with E-state index in [1.54, 1.807) is 48.5 Å². The van der Waals surface area contributed by atoms with Crippen LogP contribution in [0.4, 0.5) is 13.2 Å². The summed E-state index contributed by atoms with van der Waals surface area (Å²) in [6, 6.07) is 19.9. The third-order valence-electron chi connectivity index (χ3n) is 5.56. The fourth-order valence-electron chi connectivity index (χ4n) is 3.68. The van der Waals surface area contributed by atoms with Crippen molar-refractivity contribution < 1.29 is 46.5 Å². The quantitative estimate of drug-likeness (QED) is 0.205. The van der Waals surface area contributed by atoms with Gasteiger partial charge >= 0.3 is 24.1 Å². The van der Waals surface area contributed by atoms with E-state index in [1.165, 1.54) is 18.2 Å². The van der Waals surface area contributed by atoms with Gasteiger partial charge in [0, 0.05) is 0 Å². The SMILES string of the molecule is O=C(OC[C@H]1O[C@@H](Br)[C@H](OC(=O)c2cccc(C(F)(F)F)c2)[C@@H]1OC(=O)c1ccccc1)c1ccccc1. The van der Waals surface area contributed by atoms with Crippen molar-refractivity contribution >= 4 is 33.8 Å². The van der Waals surface area contributed by atoms with Crippen molar-refractivity contribution in [3.8, 4) is 0 Å². The van der Waals surface area contributed by atoms with Gasteiger partial charge in [-0.1, -0.05) is 58.4 Å². The molecule has 0 aliphatic carbocycles. The van der Waals surface area contributed by atoms with Crippen molar-refractivity contribution in [2.24, 2.45) is 0 Å². The van der Waals surface area contributed by atoms with Gasteiger partial charge in [-0.15, -0.1) is 0 Å². The Morgan fingerprint density at radius 1 is 0.737 bits per heavy atom. The van der Waals surface area contributed by atoms with Crippen molar-refractivity contribution in [1.82, 2.24) is 0 Å². The van der Waals surface area contributed by atoms with Crippen LogP contribution in [-0.2, 0) is 25.1 Å². The first-order chi connectivity index (χ1) is 18.1. The molecule has 3 aromatic carbocycles. The normalized spacial score (nSPS) is 20.9. The van der Waals surface area contributed by atoms with Gasteiger partial charge in [0.25, 0.3) is 0 Å². The van der Waals surface area contributed by atoms with E-state index < -0.39 is 53.0 Å². The lowest BCUT2D eigenvalue weighted by atomic mass is 10.1. The minimum Gasteiger partial charge on any atom is -0.459 e. The number of benzene rings is 3. The van der Waals surface area contributed by atoms with Crippen LogP contribution in [0.1, 0.15) is 36.6 Å². The summed E-state index contributed by atoms with van der Waals surface area (Å²) in [5.74, 6) is -2.50. The molecule has 1 fully saturated rings.